The smallest absolute Gasteiger partial charge is 0.0575 e. The second-order valence-electron chi connectivity index (χ2n) is 5.09. The van der Waals surface area contributed by atoms with Crippen LogP contribution in [0.2, 0.25) is 0 Å². The van der Waals surface area contributed by atoms with Crippen molar-refractivity contribution in [3.05, 3.63) is 35.4 Å². The Morgan fingerprint density at radius 3 is 3.00 bits per heavy atom. The van der Waals surface area contributed by atoms with E-state index in [1.54, 1.807) is 0 Å². The predicted molar refractivity (Wildman–Crippen MR) is 70.9 cm³/mol. The molecule has 0 spiro atoms. The number of benzene rings is 1. The molecule has 1 fully saturated rings. The third-order valence-corrected chi connectivity index (χ3v) is 3.54. The molecule has 1 heterocycles. The van der Waals surface area contributed by atoms with Crippen LogP contribution < -0.4 is 5.73 Å². The van der Waals surface area contributed by atoms with Crippen LogP contribution in [0.3, 0.4) is 0 Å². The minimum atomic E-state index is 0.153. The molecule has 0 bridgehead atoms. The van der Waals surface area contributed by atoms with Gasteiger partial charge in [-0.2, -0.15) is 0 Å². The monoisotopic (exact) mass is 233 g/mol. The fourth-order valence-electron chi connectivity index (χ4n) is 2.47. The van der Waals surface area contributed by atoms with Gasteiger partial charge in [-0.15, -0.1) is 0 Å². The fraction of sp³-hybridized carbons (Fsp3) is 0.600. The van der Waals surface area contributed by atoms with Gasteiger partial charge in [0.25, 0.3) is 0 Å². The standard InChI is InChI=1S/C15H23NO/c1-12-5-4-6-13(11-12)15(16)9-8-14-7-2-3-10-17-14/h4-6,11,14-15H,2-3,7-10,16H2,1H3. The summed E-state index contributed by atoms with van der Waals surface area (Å²) in [5.41, 5.74) is 8.76. The van der Waals surface area contributed by atoms with Crippen molar-refractivity contribution in [2.75, 3.05) is 6.61 Å². The Hall–Kier alpha value is -0.860. The van der Waals surface area contributed by atoms with Gasteiger partial charge in [0.1, 0.15) is 0 Å². The minimum Gasteiger partial charge on any atom is -0.378 e. The Labute approximate surface area is 104 Å². The number of rotatable bonds is 4. The SMILES string of the molecule is Cc1cccc(C(N)CCC2CCCCO2)c1. The summed E-state index contributed by atoms with van der Waals surface area (Å²) < 4.78 is 5.73. The van der Waals surface area contributed by atoms with E-state index in [9.17, 15) is 0 Å². The quantitative estimate of drug-likeness (QED) is 0.865. The number of nitrogens with two attached hydrogens (primary N) is 1. The van der Waals surface area contributed by atoms with Crippen LogP contribution in [-0.2, 0) is 4.74 Å². The zero-order chi connectivity index (χ0) is 12.1. The van der Waals surface area contributed by atoms with Crippen molar-refractivity contribution in [1.82, 2.24) is 0 Å². The Morgan fingerprint density at radius 1 is 1.41 bits per heavy atom. The van der Waals surface area contributed by atoms with Crippen LogP contribution in [0.1, 0.15) is 49.3 Å². The van der Waals surface area contributed by atoms with Gasteiger partial charge in [-0.3, -0.25) is 0 Å². The lowest BCUT2D eigenvalue weighted by molar-refractivity contribution is 0.00912. The van der Waals surface area contributed by atoms with Crippen molar-refractivity contribution in [3.8, 4) is 0 Å². The third kappa shape index (κ3) is 3.83. The van der Waals surface area contributed by atoms with Crippen LogP contribution in [0.5, 0.6) is 0 Å². The summed E-state index contributed by atoms with van der Waals surface area (Å²) in [5, 5.41) is 0. The van der Waals surface area contributed by atoms with E-state index in [0.717, 1.165) is 19.4 Å². The maximum absolute atomic E-state index is 6.23. The summed E-state index contributed by atoms with van der Waals surface area (Å²) in [7, 11) is 0. The average molecular weight is 233 g/mol. The van der Waals surface area contributed by atoms with E-state index in [4.69, 9.17) is 10.5 Å². The molecule has 0 saturated carbocycles. The maximum atomic E-state index is 6.23. The van der Waals surface area contributed by atoms with E-state index in [-0.39, 0.29) is 6.04 Å². The Kier molecular flexibility index (Phi) is 4.57. The topological polar surface area (TPSA) is 35.2 Å². The molecule has 1 aromatic carbocycles. The van der Waals surface area contributed by atoms with E-state index >= 15 is 0 Å². The van der Waals surface area contributed by atoms with E-state index in [2.05, 4.69) is 31.2 Å². The van der Waals surface area contributed by atoms with E-state index < -0.39 is 0 Å². The summed E-state index contributed by atoms with van der Waals surface area (Å²) in [6.45, 7) is 3.05. The average Bonchev–Trinajstić information content (AvgIpc) is 2.37. The van der Waals surface area contributed by atoms with E-state index in [1.165, 1.54) is 30.4 Å². The molecule has 0 radical (unpaired) electrons. The number of hydrogen-bond donors (Lipinski definition) is 1. The van der Waals surface area contributed by atoms with Crippen molar-refractivity contribution in [3.63, 3.8) is 0 Å². The highest BCUT2D eigenvalue weighted by atomic mass is 16.5. The van der Waals surface area contributed by atoms with Gasteiger partial charge in [-0.05, 0) is 44.6 Å². The molecule has 1 aliphatic rings. The third-order valence-electron chi connectivity index (χ3n) is 3.54. The van der Waals surface area contributed by atoms with Gasteiger partial charge in [-0.25, -0.2) is 0 Å². The summed E-state index contributed by atoms with van der Waals surface area (Å²) in [6, 6.07) is 8.66. The molecule has 1 saturated heterocycles. The predicted octanol–water partition coefficient (Wildman–Crippen LogP) is 3.34. The summed E-state index contributed by atoms with van der Waals surface area (Å²) >= 11 is 0. The van der Waals surface area contributed by atoms with Gasteiger partial charge in [0, 0.05) is 12.6 Å². The first kappa shape index (κ1) is 12.6. The summed E-state index contributed by atoms with van der Waals surface area (Å²) in [6.07, 6.45) is 6.30. The van der Waals surface area contributed by atoms with Gasteiger partial charge in [0.05, 0.1) is 6.10 Å². The second-order valence-corrected chi connectivity index (χ2v) is 5.09. The van der Waals surface area contributed by atoms with E-state index in [0.29, 0.717) is 6.10 Å². The van der Waals surface area contributed by atoms with Crippen LogP contribution >= 0.6 is 0 Å². The highest BCUT2D eigenvalue weighted by Crippen LogP contribution is 2.22. The van der Waals surface area contributed by atoms with Gasteiger partial charge in [-0.1, -0.05) is 29.8 Å². The molecule has 1 aromatic rings. The Balaban J connectivity index is 1.82. The molecule has 2 nitrogen and oxygen atoms in total. The van der Waals surface area contributed by atoms with Gasteiger partial charge in [0.2, 0.25) is 0 Å². The molecule has 2 rings (SSSR count). The molecule has 94 valence electrons. The Bertz CT molecular complexity index is 345. The molecule has 0 amide bonds. The summed E-state index contributed by atoms with van der Waals surface area (Å²) in [5.74, 6) is 0. The molecule has 0 aliphatic carbocycles. The van der Waals surface area contributed by atoms with Crippen LogP contribution in [0.25, 0.3) is 0 Å². The molecule has 0 aromatic heterocycles. The lowest BCUT2D eigenvalue weighted by Crippen LogP contribution is -2.21. The second kappa shape index (κ2) is 6.18. The van der Waals surface area contributed by atoms with Crippen LogP contribution in [0.4, 0.5) is 0 Å². The molecular weight excluding hydrogens is 210 g/mol. The van der Waals surface area contributed by atoms with Crippen molar-refractivity contribution in [2.24, 2.45) is 5.73 Å². The van der Waals surface area contributed by atoms with Gasteiger partial charge in [0.15, 0.2) is 0 Å². The first-order valence-corrected chi connectivity index (χ1v) is 6.69. The zero-order valence-corrected chi connectivity index (χ0v) is 10.7. The fourth-order valence-corrected chi connectivity index (χ4v) is 2.47. The van der Waals surface area contributed by atoms with Crippen LogP contribution in [0.15, 0.2) is 24.3 Å². The molecule has 17 heavy (non-hydrogen) atoms. The number of ether oxygens (including phenoxy) is 1. The van der Waals surface area contributed by atoms with Crippen molar-refractivity contribution >= 4 is 0 Å². The molecule has 1 aliphatic heterocycles. The van der Waals surface area contributed by atoms with E-state index in [1.807, 2.05) is 0 Å². The maximum Gasteiger partial charge on any atom is 0.0575 e. The zero-order valence-electron chi connectivity index (χ0n) is 10.7. The lowest BCUT2D eigenvalue weighted by atomic mass is 9.97. The van der Waals surface area contributed by atoms with Crippen molar-refractivity contribution < 1.29 is 4.74 Å². The number of aryl methyl sites for hydroxylation is 1. The van der Waals surface area contributed by atoms with Crippen molar-refractivity contribution in [1.29, 1.82) is 0 Å². The van der Waals surface area contributed by atoms with Crippen LogP contribution in [0, 0.1) is 6.92 Å². The largest absolute Gasteiger partial charge is 0.378 e. The first-order chi connectivity index (χ1) is 8.25. The molecule has 2 N–H and O–H groups in total. The summed E-state index contributed by atoms with van der Waals surface area (Å²) in [4.78, 5) is 0. The highest BCUT2D eigenvalue weighted by molar-refractivity contribution is 5.24. The molecular formula is C15H23NO. The molecule has 2 atom stereocenters. The normalized spacial score (nSPS) is 22.4. The lowest BCUT2D eigenvalue weighted by Gasteiger charge is -2.24. The van der Waals surface area contributed by atoms with Crippen molar-refractivity contribution in [2.45, 2.75) is 51.2 Å². The van der Waals surface area contributed by atoms with Crippen LogP contribution in [-0.4, -0.2) is 12.7 Å². The highest BCUT2D eigenvalue weighted by Gasteiger charge is 2.15. The van der Waals surface area contributed by atoms with Gasteiger partial charge >= 0.3 is 0 Å². The molecule has 2 unspecified atom stereocenters. The first-order valence-electron chi connectivity index (χ1n) is 6.69. The Morgan fingerprint density at radius 2 is 2.29 bits per heavy atom. The number of hydrogen-bond acceptors (Lipinski definition) is 2. The van der Waals surface area contributed by atoms with Gasteiger partial charge < -0.3 is 10.5 Å². The molecule has 2 heteroatoms. The minimum absolute atomic E-state index is 0.153.